The summed E-state index contributed by atoms with van der Waals surface area (Å²) in [6, 6.07) is 5.16. The van der Waals surface area contributed by atoms with E-state index >= 15 is 0 Å². The topological polar surface area (TPSA) is 200 Å². The van der Waals surface area contributed by atoms with Crippen LogP contribution in [0.25, 0.3) is 0 Å². The maximum atomic E-state index is 13.5. The van der Waals surface area contributed by atoms with Gasteiger partial charge < -0.3 is 37.2 Å². The number of halogens is 2. The number of carboxylic acids is 1. The second kappa shape index (κ2) is 16.0. The van der Waals surface area contributed by atoms with Gasteiger partial charge in [-0.25, -0.2) is 13.6 Å². The van der Waals surface area contributed by atoms with Crippen LogP contribution < -0.4 is 27.0 Å². The van der Waals surface area contributed by atoms with Gasteiger partial charge in [0.2, 0.25) is 23.6 Å². The minimum absolute atomic E-state index is 0.0439. The monoisotopic (exact) mass is 591 g/mol. The molecule has 2 aromatic carbocycles. The molecule has 0 spiro atoms. The number of amides is 4. The lowest BCUT2D eigenvalue weighted by Gasteiger charge is -2.22. The van der Waals surface area contributed by atoms with Crippen molar-refractivity contribution in [2.75, 3.05) is 13.1 Å². The Balaban J connectivity index is 1.92. The zero-order chi connectivity index (χ0) is 31.4. The minimum Gasteiger partial charge on any atom is -0.505 e. The third kappa shape index (κ3) is 11.5. The van der Waals surface area contributed by atoms with Gasteiger partial charge in [-0.2, -0.15) is 0 Å². The number of rotatable bonds is 15. The van der Waals surface area contributed by atoms with Gasteiger partial charge in [-0.3, -0.25) is 19.2 Å². The normalized spacial score (nSPS) is 13.0. The van der Waals surface area contributed by atoms with Crippen LogP contribution in [0.15, 0.2) is 42.5 Å². The number of hydrogen-bond donors (Lipinski definition) is 7. The molecule has 0 bridgehead atoms. The number of benzene rings is 2. The highest BCUT2D eigenvalue weighted by Gasteiger charge is 2.27. The molecule has 2 aromatic rings. The number of aromatic hydroxyl groups is 1. The molecule has 8 N–H and O–H groups in total. The van der Waals surface area contributed by atoms with Crippen molar-refractivity contribution in [1.29, 1.82) is 0 Å². The number of nitrogens with two attached hydrogens (primary N) is 1. The molecule has 0 aliphatic heterocycles. The van der Waals surface area contributed by atoms with Gasteiger partial charge in [0.05, 0.1) is 19.1 Å². The lowest BCUT2D eigenvalue weighted by Crippen LogP contribution is -2.54. The fraction of sp³-hybridized carbons (Fsp3) is 0.393. The molecule has 0 aliphatic carbocycles. The van der Waals surface area contributed by atoms with Gasteiger partial charge in [0.1, 0.15) is 17.9 Å². The molecule has 4 amide bonds. The standard InChI is InChI=1S/C28H35F2N5O7/c1-15(2)9-22(28(41)42)35-27(40)21(12-16-3-6-18(29)7-4-16)34-25(38)14-32-24(37)13-33-26(39)20(31)11-17-5-8-23(36)19(30)10-17/h3-8,10,15,20-22,36H,9,11-14,31H2,1-2H3,(H,32,37)(H,33,39)(H,34,38)(H,35,40)(H,41,42)/t20-,21-,22-/m0/s1. The van der Waals surface area contributed by atoms with Crippen LogP contribution in [0.5, 0.6) is 5.75 Å². The number of nitrogens with one attached hydrogen (secondary N) is 4. The van der Waals surface area contributed by atoms with Gasteiger partial charge in [0.15, 0.2) is 11.6 Å². The van der Waals surface area contributed by atoms with E-state index in [1.54, 1.807) is 13.8 Å². The summed E-state index contributed by atoms with van der Waals surface area (Å²) in [4.78, 5) is 61.5. The van der Waals surface area contributed by atoms with Crippen molar-refractivity contribution in [1.82, 2.24) is 21.3 Å². The Labute approximate surface area is 241 Å². The Kier molecular flexibility index (Phi) is 12.8. The third-order valence-corrected chi connectivity index (χ3v) is 6.00. The molecule has 0 aromatic heterocycles. The highest BCUT2D eigenvalue weighted by Crippen LogP contribution is 2.17. The first kappa shape index (κ1) is 33.6. The largest absolute Gasteiger partial charge is 0.505 e. The molecule has 0 saturated heterocycles. The molecule has 12 nitrogen and oxygen atoms in total. The van der Waals surface area contributed by atoms with E-state index in [2.05, 4.69) is 21.3 Å². The second-order valence-corrected chi connectivity index (χ2v) is 10.1. The van der Waals surface area contributed by atoms with Crippen molar-refractivity contribution in [2.45, 2.75) is 51.2 Å². The second-order valence-electron chi connectivity index (χ2n) is 10.1. The van der Waals surface area contributed by atoms with E-state index in [-0.39, 0.29) is 25.2 Å². The molecular formula is C28H35F2N5O7. The summed E-state index contributed by atoms with van der Waals surface area (Å²) in [5.41, 5.74) is 6.64. The first-order chi connectivity index (χ1) is 19.7. The maximum absolute atomic E-state index is 13.5. The first-order valence-electron chi connectivity index (χ1n) is 13.1. The predicted molar refractivity (Wildman–Crippen MR) is 147 cm³/mol. The Hall–Kier alpha value is -4.59. The molecule has 0 aliphatic rings. The van der Waals surface area contributed by atoms with Gasteiger partial charge in [-0.15, -0.1) is 0 Å². The van der Waals surface area contributed by atoms with E-state index in [1.807, 2.05) is 0 Å². The number of carbonyl (C=O) groups is 5. The Morgan fingerprint density at radius 2 is 1.43 bits per heavy atom. The molecule has 0 heterocycles. The summed E-state index contributed by atoms with van der Waals surface area (Å²) in [5, 5.41) is 28.1. The van der Waals surface area contributed by atoms with Gasteiger partial charge >= 0.3 is 5.97 Å². The number of hydrogen-bond acceptors (Lipinski definition) is 7. The Morgan fingerprint density at radius 3 is 2.02 bits per heavy atom. The number of aliphatic carboxylic acids is 1. The SMILES string of the molecule is CC(C)C[C@H](NC(=O)[C@H](Cc1ccc(F)cc1)NC(=O)CNC(=O)CNC(=O)[C@@H](N)Cc1ccc(O)c(F)c1)C(=O)O. The lowest BCUT2D eigenvalue weighted by molar-refractivity contribution is -0.142. The summed E-state index contributed by atoms with van der Waals surface area (Å²) in [5.74, 6) is -6.22. The highest BCUT2D eigenvalue weighted by molar-refractivity contribution is 5.93. The van der Waals surface area contributed by atoms with E-state index in [4.69, 9.17) is 5.73 Å². The van der Waals surface area contributed by atoms with Crippen molar-refractivity contribution in [3.8, 4) is 5.75 Å². The number of carboxylic acid groups (broad SMARTS) is 1. The van der Waals surface area contributed by atoms with Crippen LogP contribution in [0.3, 0.4) is 0 Å². The van der Waals surface area contributed by atoms with Gasteiger partial charge in [-0.1, -0.05) is 32.0 Å². The molecule has 0 saturated carbocycles. The molecule has 0 radical (unpaired) electrons. The fourth-order valence-corrected chi connectivity index (χ4v) is 3.84. The Morgan fingerprint density at radius 1 is 0.810 bits per heavy atom. The number of phenolic OH excluding ortho intramolecular Hbond substituents is 1. The molecule has 3 atom stereocenters. The summed E-state index contributed by atoms with van der Waals surface area (Å²) in [7, 11) is 0. The van der Waals surface area contributed by atoms with E-state index in [0.29, 0.717) is 11.1 Å². The van der Waals surface area contributed by atoms with Gasteiger partial charge in [0, 0.05) is 6.42 Å². The number of carbonyl (C=O) groups excluding carboxylic acids is 4. The zero-order valence-corrected chi connectivity index (χ0v) is 23.2. The number of phenols is 1. The summed E-state index contributed by atoms with van der Waals surface area (Å²) in [6.07, 6.45) is -0.00128. The third-order valence-electron chi connectivity index (χ3n) is 6.00. The smallest absolute Gasteiger partial charge is 0.326 e. The Bertz CT molecular complexity index is 1270. The molecule has 2 rings (SSSR count). The summed E-state index contributed by atoms with van der Waals surface area (Å²) in [6.45, 7) is 2.47. The van der Waals surface area contributed by atoms with E-state index in [9.17, 15) is 43.0 Å². The van der Waals surface area contributed by atoms with Crippen LogP contribution in [0, 0.1) is 17.6 Å². The van der Waals surface area contributed by atoms with Crippen LogP contribution in [0.4, 0.5) is 8.78 Å². The van der Waals surface area contributed by atoms with Crippen molar-refractivity contribution in [2.24, 2.45) is 11.7 Å². The van der Waals surface area contributed by atoms with E-state index in [0.717, 1.165) is 12.1 Å². The van der Waals surface area contributed by atoms with Crippen molar-refractivity contribution >= 4 is 29.6 Å². The summed E-state index contributed by atoms with van der Waals surface area (Å²) >= 11 is 0. The highest BCUT2D eigenvalue weighted by atomic mass is 19.1. The molecule has 228 valence electrons. The van der Waals surface area contributed by atoms with Crippen LogP contribution in [0.2, 0.25) is 0 Å². The molecule has 14 heteroatoms. The fourth-order valence-electron chi connectivity index (χ4n) is 3.84. The van der Waals surface area contributed by atoms with Crippen molar-refractivity contribution < 1.29 is 43.0 Å². The van der Waals surface area contributed by atoms with Gasteiger partial charge in [-0.05, 0) is 54.2 Å². The van der Waals surface area contributed by atoms with Crippen LogP contribution in [-0.4, -0.2) is 71.0 Å². The van der Waals surface area contributed by atoms with Crippen molar-refractivity contribution in [3.63, 3.8) is 0 Å². The average molecular weight is 592 g/mol. The molecule has 0 fully saturated rings. The van der Waals surface area contributed by atoms with Crippen LogP contribution in [-0.2, 0) is 36.8 Å². The summed E-state index contributed by atoms with van der Waals surface area (Å²) < 4.78 is 26.8. The predicted octanol–water partition coefficient (Wildman–Crippen LogP) is 0.116. The molecular weight excluding hydrogens is 556 g/mol. The molecule has 0 unspecified atom stereocenters. The van der Waals surface area contributed by atoms with Gasteiger partial charge in [0.25, 0.3) is 0 Å². The van der Waals surface area contributed by atoms with Crippen LogP contribution in [0.1, 0.15) is 31.4 Å². The quantitative estimate of drug-likeness (QED) is 0.151. The van der Waals surface area contributed by atoms with E-state index in [1.165, 1.54) is 30.3 Å². The molecule has 42 heavy (non-hydrogen) atoms. The van der Waals surface area contributed by atoms with Crippen LogP contribution >= 0.6 is 0 Å². The minimum atomic E-state index is -1.24. The first-order valence-corrected chi connectivity index (χ1v) is 13.1. The lowest BCUT2D eigenvalue weighted by atomic mass is 10.0. The maximum Gasteiger partial charge on any atom is 0.326 e. The average Bonchev–Trinajstić information content (AvgIpc) is 2.92. The zero-order valence-electron chi connectivity index (χ0n) is 23.2. The van der Waals surface area contributed by atoms with Crippen molar-refractivity contribution in [3.05, 3.63) is 65.2 Å². The van der Waals surface area contributed by atoms with E-state index < -0.39 is 78.2 Å².